The first-order valence-electron chi connectivity index (χ1n) is 5.76. The molecule has 1 aromatic carbocycles. The normalized spacial score (nSPS) is 10.3. The van der Waals surface area contributed by atoms with Crippen molar-refractivity contribution in [1.29, 1.82) is 0 Å². The number of nitrogens with one attached hydrogen (secondary N) is 1. The molecule has 0 fully saturated rings. The number of phenolic OH excluding ortho intramolecular Hbond substituents is 1. The lowest BCUT2D eigenvalue weighted by Crippen LogP contribution is -2.26. The Kier molecular flexibility index (Phi) is 3.99. The van der Waals surface area contributed by atoms with Crippen molar-refractivity contribution in [3.63, 3.8) is 0 Å². The first kappa shape index (κ1) is 12.6. The van der Waals surface area contributed by atoms with Gasteiger partial charge >= 0.3 is 0 Å². The largest absolute Gasteiger partial charge is 0.508 e. The van der Waals surface area contributed by atoms with E-state index in [4.69, 9.17) is 0 Å². The van der Waals surface area contributed by atoms with E-state index in [-0.39, 0.29) is 11.7 Å². The number of carbonyl (C=O) groups is 1. The van der Waals surface area contributed by atoms with Gasteiger partial charge in [0, 0.05) is 17.7 Å². The van der Waals surface area contributed by atoms with Gasteiger partial charge in [0.05, 0.1) is 0 Å². The average molecular weight is 261 g/mol. The van der Waals surface area contributed by atoms with E-state index in [9.17, 15) is 9.90 Å². The maximum Gasteiger partial charge on any atom is 0.251 e. The van der Waals surface area contributed by atoms with Crippen molar-refractivity contribution < 1.29 is 9.90 Å². The molecule has 0 unspecified atom stereocenters. The molecule has 18 heavy (non-hydrogen) atoms. The molecule has 0 aliphatic rings. The summed E-state index contributed by atoms with van der Waals surface area (Å²) in [6.45, 7) is 2.34. The highest BCUT2D eigenvalue weighted by molar-refractivity contribution is 7.07. The average Bonchev–Trinajstić information content (AvgIpc) is 2.85. The summed E-state index contributed by atoms with van der Waals surface area (Å²) in [5.74, 6) is 0.0131. The van der Waals surface area contributed by atoms with Crippen LogP contribution in [0.25, 0.3) is 0 Å². The van der Waals surface area contributed by atoms with Crippen molar-refractivity contribution >= 4 is 17.2 Å². The van der Waals surface area contributed by atoms with Crippen LogP contribution in [0.2, 0.25) is 0 Å². The Morgan fingerprint density at radius 3 is 2.94 bits per heavy atom. The van der Waals surface area contributed by atoms with Gasteiger partial charge in [-0.1, -0.05) is 6.07 Å². The van der Waals surface area contributed by atoms with Crippen LogP contribution in [-0.4, -0.2) is 17.6 Å². The molecule has 1 amide bonds. The molecule has 0 aliphatic heterocycles. The summed E-state index contributed by atoms with van der Waals surface area (Å²) < 4.78 is 0. The topological polar surface area (TPSA) is 49.3 Å². The number of hydrogen-bond donors (Lipinski definition) is 2. The number of hydrogen-bond acceptors (Lipinski definition) is 3. The fourth-order valence-corrected chi connectivity index (χ4v) is 2.42. The lowest BCUT2D eigenvalue weighted by molar-refractivity contribution is 0.0953. The van der Waals surface area contributed by atoms with Crippen LogP contribution in [0.5, 0.6) is 5.75 Å². The SMILES string of the molecule is Cc1c(O)cccc1C(=O)NCCc1ccsc1. The molecule has 94 valence electrons. The second-order valence-corrected chi connectivity index (χ2v) is 4.87. The second-order valence-electron chi connectivity index (χ2n) is 4.09. The molecule has 0 atom stereocenters. The number of phenols is 1. The number of thiophene rings is 1. The highest BCUT2D eigenvalue weighted by atomic mass is 32.1. The van der Waals surface area contributed by atoms with Gasteiger partial charge in [-0.05, 0) is 47.9 Å². The molecule has 1 aromatic heterocycles. The minimum absolute atomic E-state index is 0.140. The molecular formula is C14H15NO2S. The minimum atomic E-state index is -0.140. The number of rotatable bonds is 4. The molecule has 3 nitrogen and oxygen atoms in total. The van der Waals surface area contributed by atoms with Gasteiger partial charge in [0.2, 0.25) is 0 Å². The summed E-state index contributed by atoms with van der Waals surface area (Å²) in [7, 11) is 0. The first-order chi connectivity index (χ1) is 8.68. The molecule has 0 radical (unpaired) electrons. The van der Waals surface area contributed by atoms with Crippen LogP contribution in [0.4, 0.5) is 0 Å². The monoisotopic (exact) mass is 261 g/mol. The fourth-order valence-electron chi connectivity index (χ4n) is 1.72. The third-order valence-corrected chi connectivity index (χ3v) is 3.56. The van der Waals surface area contributed by atoms with Crippen molar-refractivity contribution in [1.82, 2.24) is 5.32 Å². The summed E-state index contributed by atoms with van der Waals surface area (Å²) in [5.41, 5.74) is 2.37. The third kappa shape index (κ3) is 2.90. The van der Waals surface area contributed by atoms with E-state index >= 15 is 0 Å². The van der Waals surface area contributed by atoms with Gasteiger partial charge in [-0.3, -0.25) is 4.79 Å². The van der Waals surface area contributed by atoms with Crippen LogP contribution in [-0.2, 0) is 6.42 Å². The maximum absolute atomic E-state index is 11.9. The summed E-state index contributed by atoms with van der Waals surface area (Å²) in [4.78, 5) is 11.9. The quantitative estimate of drug-likeness (QED) is 0.889. The molecule has 0 spiro atoms. The second kappa shape index (κ2) is 5.69. The standard InChI is InChI=1S/C14H15NO2S/c1-10-12(3-2-4-13(10)16)14(17)15-7-5-11-6-8-18-9-11/h2-4,6,8-9,16H,5,7H2,1H3,(H,15,17). The van der Waals surface area contributed by atoms with Gasteiger partial charge in [0.1, 0.15) is 5.75 Å². The number of amides is 1. The Bertz CT molecular complexity index is 535. The number of carbonyl (C=O) groups excluding carboxylic acids is 1. The van der Waals surface area contributed by atoms with Crippen LogP contribution >= 0.6 is 11.3 Å². The summed E-state index contributed by atoms with van der Waals surface area (Å²) in [5, 5.41) is 16.5. The minimum Gasteiger partial charge on any atom is -0.508 e. The molecular weight excluding hydrogens is 246 g/mol. The molecule has 2 N–H and O–H groups in total. The molecule has 0 bridgehead atoms. The highest BCUT2D eigenvalue weighted by Gasteiger charge is 2.10. The summed E-state index contributed by atoms with van der Waals surface area (Å²) in [6, 6.07) is 7.03. The van der Waals surface area contributed by atoms with Gasteiger partial charge in [-0.15, -0.1) is 0 Å². The molecule has 0 saturated heterocycles. The molecule has 4 heteroatoms. The molecule has 0 aliphatic carbocycles. The fraction of sp³-hybridized carbons (Fsp3) is 0.214. The summed E-state index contributed by atoms with van der Waals surface area (Å²) in [6.07, 6.45) is 0.826. The molecule has 0 saturated carbocycles. The van der Waals surface area contributed by atoms with Gasteiger partial charge in [0.25, 0.3) is 5.91 Å². The van der Waals surface area contributed by atoms with Crippen molar-refractivity contribution in [2.75, 3.05) is 6.54 Å². The van der Waals surface area contributed by atoms with Crippen LogP contribution in [0.3, 0.4) is 0 Å². The predicted molar refractivity (Wildman–Crippen MR) is 73.2 cm³/mol. The van der Waals surface area contributed by atoms with Crippen LogP contribution in [0, 0.1) is 6.92 Å². The number of benzene rings is 1. The van der Waals surface area contributed by atoms with Crippen LogP contribution < -0.4 is 5.32 Å². The lowest BCUT2D eigenvalue weighted by Gasteiger charge is -2.08. The van der Waals surface area contributed by atoms with Crippen molar-refractivity contribution in [3.8, 4) is 5.75 Å². The molecule has 2 rings (SSSR count). The van der Waals surface area contributed by atoms with E-state index in [0.29, 0.717) is 17.7 Å². The maximum atomic E-state index is 11.9. The smallest absolute Gasteiger partial charge is 0.251 e. The highest BCUT2D eigenvalue weighted by Crippen LogP contribution is 2.19. The van der Waals surface area contributed by atoms with Gasteiger partial charge in [-0.2, -0.15) is 11.3 Å². The van der Waals surface area contributed by atoms with Crippen molar-refractivity contribution in [2.45, 2.75) is 13.3 Å². The van der Waals surface area contributed by atoms with Crippen molar-refractivity contribution in [2.24, 2.45) is 0 Å². The van der Waals surface area contributed by atoms with E-state index in [1.165, 1.54) is 5.56 Å². The Morgan fingerprint density at radius 1 is 1.39 bits per heavy atom. The van der Waals surface area contributed by atoms with Gasteiger partial charge < -0.3 is 10.4 Å². The summed E-state index contributed by atoms with van der Waals surface area (Å²) >= 11 is 1.65. The number of aromatic hydroxyl groups is 1. The Labute approximate surface area is 110 Å². The Balaban J connectivity index is 1.93. The van der Waals surface area contributed by atoms with E-state index in [1.54, 1.807) is 36.5 Å². The molecule has 1 heterocycles. The van der Waals surface area contributed by atoms with Crippen molar-refractivity contribution in [3.05, 3.63) is 51.7 Å². The van der Waals surface area contributed by atoms with E-state index in [0.717, 1.165) is 6.42 Å². The van der Waals surface area contributed by atoms with E-state index in [1.807, 2.05) is 5.38 Å². The predicted octanol–water partition coefficient (Wildman–Crippen LogP) is 2.73. The lowest BCUT2D eigenvalue weighted by atomic mass is 10.1. The Hall–Kier alpha value is -1.81. The van der Waals surface area contributed by atoms with Gasteiger partial charge in [0.15, 0.2) is 0 Å². The zero-order valence-corrected chi connectivity index (χ0v) is 11.0. The first-order valence-corrected chi connectivity index (χ1v) is 6.70. The third-order valence-electron chi connectivity index (χ3n) is 2.83. The zero-order valence-electron chi connectivity index (χ0n) is 10.1. The zero-order chi connectivity index (χ0) is 13.0. The van der Waals surface area contributed by atoms with E-state index in [2.05, 4.69) is 16.8 Å². The van der Waals surface area contributed by atoms with Crippen LogP contribution in [0.15, 0.2) is 35.0 Å². The Morgan fingerprint density at radius 2 is 2.22 bits per heavy atom. The van der Waals surface area contributed by atoms with E-state index < -0.39 is 0 Å². The van der Waals surface area contributed by atoms with Gasteiger partial charge in [-0.25, -0.2) is 0 Å². The molecule has 2 aromatic rings. The van der Waals surface area contributed by atoms with Crippen LogP contribution in [0.1, 0.15) is 21.5 Å².